The van der Waals surface area contributed by atoms with E-state index in [-0.39, 0.29) is 18.3 Å². The van der Waals surface area contributed by atoms with Crippen molar-refractivity contribution in [2.24, 2.45) is 0 Å². The van der Waals surface area contributed by atoms with Gasteiger partial charge in [0.15, 0.2) is 0 Å². The average molecular weight is 410 g/mol. The molecule has 1 saturated heterocycles. The molecule has 1 aromatic carbocycles. The fourth-order valence-corrected chi connectivity index (χ4v) is 3.72. The van der Waals surface area contributed by atoms with Gasteiger partial charge in [-0.3, -0.25) is 9.78 Å². The minimum absolute atomic E-state index is 0.0550. The molecule has 30 heavy (non-hydrogen) atoms. The second-order valence-electron chi connectivity index (χ2n) is 7.62. The van der Waals surface area contributed by atoms with Crippen molar-refractivity contribution < 1.29 is 19.4 Å². The number of anilines is 2. The lowest BCUT2D eigenvalue weighted by Gasteiger charge is -2.21. The van der Waals surface area contributed by atoms with Crippen LogP contribution in [0, 0.1) is 6.92 Å². The van der Waals surface area contributed by atoms with E-state index in [1.807, 2.05) is 6.92 Å². The summed E-state index contributed by atoms with van der Waals surface area (Å²) in [6, 6.07) is 8.33. The molecule has 2 aromatic heterocycles. The lowest BCUT2D eigenvalue weighted by molar-refractivity contribution is 0.102. The average Bonchev–Trinajstić information content (AvgIpc) is 3.14. The van der Waals surface area contributed by atoms with Crippen molar-refractivity contribution in [3.8, 4) is 5.88 Å². The third kappa shape index (κ3) is 3.91. The molecule has 156 valence electrons. The smallest absolute Gasteiger partial charge is 0.257 e. The normalized spacial score (nSPS) is 17.3. The quantitative estimate of drug-likeness (QED) is 0.609. The lowest BCUT2D eigenvalue weighted by Crippen LogP contribution is -2.25. The highest BCUT2D eigenvalue weighted by Gasteiger charge is 2.26. The van der Waals surface area contributed by atoms with Gasteiger partial charge >= 0.3 is 0 Å². The number of aliphatic hydroxyl groups is 1. The predicted octanol–water partition coefficient (Wildman–Crippen LogP) is 3.50. The number of nitrogens with one attached hydrogen (secondary N) is 1. The van der Waals surface area contributed by atoms with Gasteiger partial charge in [-0.1, -0.05) is 0 Å². The molecule has 2 atom stereocenters. The fraction of sp³-hybridized carbons (Fsp3) is 0.318. The largest absolute Gasteiger partial charge is 0.493 e. The number of carbonyl (C=O) groups is 1. The number of nitrogens with zero attached hydrogens (tertiary/aromatic N) is 3. The van der Waals surface area contributed by atoms with E-state index in [1.165, 1.54) is 6.20 Å². The molecule has 1 aliphatic rings. The lowest BCUT2D eigenvalue weighted by atomic mass is 10.1. The summed E-state index contributed by atoms with van der Waals surface area (Å²) < 4.78 is 13.7. The zero-order chi connectivity index (χ0) is 21.4. The number of benzene rings is 1. The minimum Gasteiger partial charge on any atom is -0.493 e. The number of pyridine rings is 2. The monoisotopic (exact) mass is 410 g/mol. The van der Waals surface area contributed by atoms with Gasteiger partial charge in [0, 0.05) is 30.2 Å². The van der Waals surface area contributed by atoms with Gasteiger partial charge in [-0.05, 0) is 50.1 Å². The van der Waals surface area contributed by atoms with Crippen LogP contribution in [0.4, 0.5) is 15.8 Å². The number of aromatic hydroxyl groups is 1. The number of hydrogen-bond donors (Lipinski definition) is 3. The van der Waals surface area contributed by atoms with Crippen LogP contribution in [0.25, 0.3) is 10.9 Å². The third-order valence-corrected chi connectivity index (χ3v) is 5.31. The van der Waals surface area contributed by atoms with Gasteiger partial charge in [0.05, 0.1) is 34.8 Å². The number of fused-ring (bicyclic) bond motifs is 1. The molecule has 8 heteroatoms. The van der Waals surface area contributed by atoms with Crippen LogP contribution in [-0.4, -0.2) is 45.3 Å². The van der Waals surface area contributed by atoms with Crippen LogP contribution < -0.4 is 10.2 Å². The Balaban J connectivity index is 1.68. The van der Waals surface area contributed by atoms with Gasteiger partial charge in [0.1, 0.15) is 6.17 Å². The topological polar surface area (TPSA) is 98.6 Å². The Bertz CT molecular complexity index is 1120. The number of alkyl halides is 1. The van der Waals surface area contributed by atoms with Crippen LogP contribution in [0.1, 0.15) is 41.1 Å². The molecule has 0 aliphatic carbocycles. The molecule has 0 spiro atoms. The molecule has 1 fully saturated rings. The van der Waals surface area contributed by atoms with Crippen LogP contribution in [0.15, 0.2) is 36.5 Å². The summed E-state index contributed by atoms with van der Waals surface area (Å²) in [5, 5.41) is 23.2. The zero-order valence-electron chi connectivity index (χ0n) is 16.8. The van der Waals surface area contributed by atoms with Gasteiger partial charge in [0.25, 0.3) is 5.91 Å². The Kier molecular flexibility index (Phi) is 5.26. The Morgan fingerprint density at radius 3 is 2.83 bits per heavy atom. The Morgan fingerprint density at radius 2 is 2.13 bits per heavy atom. The van der Waals surface area contributed by atoms with Gasteiger partial charge < -0.3 is 20.4 Å². The molecular weight excluding hydrogens is 387 g/mol. The van der Waals surface area contributed by atoms with Crippen molar-refractivity contribution in [3.63, 3.8) is 0 Å². The van der Waals surface area contributed by atoms with Gasteiger partial charge in [-0.2, -0.15) is 0 Å². The number of amides is 1. The number of carbonyl (C=O) groups excluding carboxylic acids is 1. The first-order valence-electron chi connectivity index (χ1n) is 9.80. The van der Waals surface area contributed by atoms with E-state index in [4.69, 9.17) is 0 Å². The second kappa shape index (κ2) is 7.87. The maximum Gasteiger partial charge on any atom is 0.257 e. The highest BCUT2D eigenvalue weighted by Crippen LogP contribution is 2.29. The number of hydrogen-bond acceptors (Lipinski definition) is 6. The molecule has 3 aromatic rings. The minimum atomic E-state index is -0.940. The molecule has 0 bridgehead atoms. The van der Waals surface area contributed by atoms with Crippen LogP contribution in [0.2, 0.25) is 0 Å². The van der Waals surface area contributed by atoms with Crippen LogP contribution in [-0.2, 0) is 0 Å². The molecule has 2 unspecified atom stereocenters. The summed E-state index contributed by atoms with van der Waals surface area (Å²) in [6.07, 6.45) is 0.153. The summed E-state index contributed by atoms with van der Waals surface area (Å²) in [6.45, 7) is 4.14. The molecular formula is C22H23FN4O3. The Hall–Kier alpha value is -3.26. The summed E-state index contributed by atoms with van der Waals surface area (Å²) in [7, 11) is 0. The van der Waals surface area contributed by atoms with E-state index in [2.05, 4.69) is 15.3 Å². The summed E-state index contributed by atoms with van der Waals surface area (Å²) in [4.78, 5) is 23.2. The fourth-order valence-electron chi connectivity index (χ4n) is 3.72. The van der Waals surface area contributed by atoms with E-state index < -0.39 is 12.3 Å². The Morgan fingerprint density at radius 1 is 1.33 bits per heavy atom. The van der Waals surface area contributed by atoms with Crippen molar-refractivity contribution in [2.45, 2.75) is 32.5 Å². The first-order valence-corrected chi connectivity index (χ1v) is 9.80. The predicted molar refractivity (Wildman–Crippen MR) is 113 cm³/mol. The number of aliphatic hydroxyl groups excluding tert-OH is 1. The first kappa shape index (κ1) is 20.0. The molecule has 3 heterocycles. The summed E-state index contributed by atoms with van der Waals surface area (Å²) in [5.74, 6) is -0.430. The van der Waals surface area contributed by atoms with E-state index in [9.17, 15) is 19.4 Å². The summed E-state index contributed by atoms with van der Waals surface area (Å²) in [5.41, 5.74) is 3.26. The zero-order valence-corrected chi connectivity index (χ0v) is 16.8. The van der Waals surface area contributed by atoms with E-state index >= 15 is 0 Å². The molecule has 3 N–H and O–H groups in total. The van der Waals surface area contributed by atoms with E-state index in [1.54, 1.807) is 42.2 Å². The molecule has 4 rings (SSSR count). The summed E-state index contributed by atoms with van der Waals surface area (Å²) >= 11 is 0. The van der Waals surface area contributed by atoms with E-state index in [0.29, 0.717) is 41.1 Å². The van der Waals surface area contributed by atoms with Gasteiger partial charge in [-0.25, -0.2) is 9.37 Å². The van der Waals surface area contributed by atoms with Gasteiger partial charge in [0.2, 0.25) is 5.88 Å². The molecule has 1 amide bonds. The van der Waals surface area contributed by atoms with Crippen LogP contribution >= 0.6 is 0 Å². The maximum absolute atomic E-state index is 13.7. The first-order chi connectivity index (χ1) is 14.3. The number of rotatable bonds is 4. The van der Waals surface area contributed by atoms with Crippen molar-refractivity contribution >= 4 is 28.2 Å². The second-order valence-corrected chi connectivity index (χ2v) is 7.62. The third-order valence-electron chi connectivity index (χ3n) is 5.31. The SMILES string of the molecule is Cc1cc(O)nc2ccc(NC(=O)c3cc(C(C)O)ncc3N3CCC(F)C3)cc12. The number of aryl methyl sites for hydroxylation is 1. The van der Waals surface area contributed by atoms with Crippen molar-refractivity contribution in [1.82, 2.24) is 9.97 Å². The van der Waals surface area contributed by atoms with Crippen LogP contribution in [0.3, 0.4) is 0 Å². The maximum atomic E-state index is 13.7. The molecule has 1 aliphatic heterocycles. The highest BCUT2D eigenvalue weighted by molar-refractivity contribution is 6.09. The number of aromatic nitrogens is 2. The van der Waals surface area contributed by atoms with Crippen molar-refractivity contribution in [1.29, 1.82) is 0 Å². The molecule has 0 saturated carbocycles. The Labute approximate surface area is 173 Å². The van der Waals surface area contributed by atoms with Crippen LogP contribution in [0.5, 0.6) is 5.88 Å². The highest BCUT2D eigenvalue weighted by atomic mass is 19.1. The molecule has 7 nitrogen and oxygen atoms in total. The standard InChI is InChI=1S/C22H23FN4O3/c1-12-7-21(29)26-18-4-3-15(8-16(12)18)25-22(30)17-9-19(13(2)28)24-10-20(17)27-6-5-14(23)11-27/h3-4,7-10,13-14,28H,5-6,11H2,1-2H3,(H,25,30)(H,26,29). The van der Waals surface area contributed by atoms with Crippen molar-refractivity contribution in [2.75, 3.05) is 23.3 Å². The van der Waals surface area contributed by atoms with Crippen molar-refractivity contribution in [3.05, 3.63) is 53.3 Å². The van der Waals surface area contributed by atoms with E-state index in [0.717, 1.165) is 10.9 Å². The number of halogens is 1. The molecule has 0 radical (unpaired) electrons. The van der Waals surface area contributed by atoms with Gasteiger partial charge in [-0.15, -0.1) is 0 Å².